The zero-order valence-electron chi connectivity index (χ0n) is 10.7. The van der Waals surface area contributed by atoms with Crippen LogP contribution in [-0.4, -0.2) is 15.0 Å². The third kappa shape index (κ3) is 1.45. The Labute approximate surface area is 111 Å². The van der Waals surface area contributed by atoms with Gasteiger partial charge in [0.25, 0.3) is 0 Å². The summed E-state index contributed by atoms with van der Waals surface area (Å²) in [6.45, 7) is 0. The molecule has 5 nitrogen and oxygen atoms in total. The van der Waals surface area contributed by atoms with Gasteiger partial charge in [-0.25, -0.2) is 0 Å². The number of nitriles is 2. The number of nitrogens with zero attached hydrogens (tertiary/aromatic N) is 5. The zero-order valence-corrected chi connectivity index (χ0v) is 10.7. The van der Waals surface area contributed by atoms with E-state index in [1.54, 1.807) is 4.80 Å². The van der Waals surface area contributed by atoms with E-state index in [0.29, 0.717) is 0 Å². The van der Waals surface area contributed by atoms with Crippen molar-refractivity contribution < 1.29 is 0 Å². The van der Waals surface area contributed by atoms with E-state index in [-0.39, 0.29) is 16.9 Å². The Morgan fingerprint density at radius 2 is 1.32 bits per heavy atom. The highest BCUT2D eigenvalue weighted by Crippen LogP contribution is 2.58. The van der Waals surface area contributed by atoms with Crippen molar-refractivity contribution >= 4 is 0 Å². The van der Waals surface area contributed by atoms with Crippen LogP contribution in [0.1, 0.15) is 49.9 Å². The van der Waals surface area contributed by atoms with Gasteiger partial charge in [0.15, 0.2) is 0 Å². The second kappa shape index (κ2) is 3.57. The molecule has 0 radical (unpaired) electrons. The third-order valence-electron chi connectivity index (χ3n) is 5.26. The van der Waals surface area contributed by atoms with Crippen molar-refractivity contribution in [3.63, 3.8) is 0 Å². The summed E-state index contributed by atoms with van der Waals surface area (Å²) in [6, 6.07) is 3.96. The fraction of sp³-hybridized carbons (Fsp3) is 0.714. The van der Waals surface area contributed by atoms with E-state index in [9.17, 15) is 0 Å². The smallest absolute Gasteiger partial charge is 0.191 e. The maximum Gasteiger partial charge on any atom is 0.200 e. The lowest BCUT2D eigenvalue weighted by Crippen LogP contribution is -2.52. The van der Waals surface area contributed by atoms with Crippen molar-refractivity contribution in [1.29, 1.82) is 10.5 Å². The summed E-state index contributed by atoms with van der Waals surface area (Å²) in [5.41, 5.74) is 0.353. The van der Waals surface area contributed by atoms with Crippen LogP contribution in [0.5, 0.6) is 0 Å². The fourth-order valence-corrected chi connectivity index (χ4v) is 4.98. The van der Waals surface area contributed by atoms with Gasteiger partial charge in [-0.3, -0.25) is 0 Å². The third-order valence-corrected chi connectivity index (χ3v) is 5.26. The molecule has 5 rings (SSSR count). The van der Waals surface area contributed by atoms with Gasteiger partial charge in [0.2, 0.25) is 11.4 Å². The molecule has 0 aromatic carbocycles. The topological polar surface area (TPSA) is 78.3 Å². The molecule has 0 N–H and O–H groups in total. The molecule has 4 fully saturated rings. The molecule has 96 valence electrons. The molecule has 1 aromatic rings. The molecule has 4 bridgehead atoms. The van der Waals surface area contributed by atoms with Crippen LogP contribution in [0.2, 0.25) is 0 Å². The van der Waals surface area contributed by atoms with Gasteiger partial charge < -0.3 is 0 Å². The average Bonchev–Trinajstić information content (AvgIpc) is 2.81. The minimum absolute atomic E-state index is 0.00451. The van der Waals surface area contributed by atoms with Gasteiger partial charge in [0, 0.05) is 0 Å². The predicted molar refractivity (Wildman–Crippen MR) is 65.6 cm³/mol. The molecule has 4 aliphatic rings. The summed E-state index contributed by atoms with van der Waals surface area (Å²) < 4.78 is 0. The standard InChI is InChI=1S/C14H15N5/c15-7-12-13(8-16)18-19(17-12)14-4-9-1-10(5-14)3-11(2-9)6-14/h9-11H,1-6H2. The fourth-order valence-electron chi connectivity index (χ4n) is 4.98. The Kier molecular flexibility index (Phi) is 2.07. The predicted octanol–water partition coefficient (Wildman–Crippen LogP) is 1.95. The maximum absolute atomic E-state index is 9.03. The molecule has 0 amide bonds. The van der Waals surface area contributed by atoms with Crippen molar-refractivity contribution in [3.05, 3.63) is 11.4 Å². The van der Waals surface area contributed by atoms with E-state index in [0.717, 1.165) is 37.0 Å². The van der Waals surface area contributed by atoms with Gasteiger partial charge in [-0.05, 0) is 56.3 Å². The van der Waals surface area contributed by atoms with Gasteiger partial charge in [-0.2, -0.15) is 15.3 Å². The average molecular weight is 253 g/mol. The Hall–Kier alpha value is -1.88. The summed E-state index contributed by atoms with van der Waals surface area (Å²) in [5.74, 6) is 2.40. The van der Waals surface area contributed by atoms with Gasteiger partial charge in [-0.1, -0.05) is 0 Å². The van der Waals surface area contributed by atoms with Crippen molar-refractivity contribution in [2.75, 3.05) is 0 Å². The first-order valence-corrected chi connectivity index (χ1v) is 7.00. The van der Waals surface area contributed by atoms with Gasteiger partial charge >= 0.3 is 0 Å². The number of hydrogen-bond donors (Lipinski definition) is 0. The molecule has 4 aliphatic carbocycles. The normalized spacial score (nSPS) is 38.9. The Morgan fingerprint density at radius 3 is 1.68 bits per heavy atom. The number of rotatable bonds is 1. The SMILES string of the molecule is N#Cc1nn(C23CC4CC(CC(C4)C2)C3)nc1C#N. The molecule has 1 heterocycles. The van der Waals surface area contributed by atoms with Crippen molar-refractivity contribution in [2.45, 2.75) is 44.1 Å². The lowest BCUT2D eigenvalue weighted by atomic mass is 9.53. The first-order valence-electron chi connectivity index (χ1n) is 7.00. The molecule has 4 saturated carbocycles. The highest BCUT2D eigenvalue weighted by atomic mass is 15.5. The van der Waals surface area contributed by atoms with Crippen LogP contribution in [0, 0.1) is 40.4 Å². The van der Waals surface area contributed by atoms with Crippen LogP contribution >= 0.6 is 0 Å². The van der Waals surface area contributed by atoms with Crippen LogP contribution in [0.25, 0.3) is 0 Å². The molecular weight excluding hydrogens is 238 g/mol. The number of hydrogen-bond acceptors (Lipinski definition) is 4. The largest absolute Gasteiger partial charge is 0.200 e. The first-order chi connectivity index (χ1) is 9.22. The zero-order chi connectivity index (χ0) is 13.0. The highest BCUT2D eigenvalue weighted by molar-refractivity contribution is 5.33. The molecule has 0 atom stereocenters. The highest BCUT2D eigenvalue weighted by Gasteiger charge is 2.53. The van der Waals surface area contributed by atoms with Crippen LogP contribution in [0.4, 0.5) is 0 Å². The second-order valence-electron chi connectivity index (χ2n) is 6.55. The maximum atomic E-state index is 9.03. The molecular formula is C14H15N5. The van der Waals surface area contributed by atoms with Crippen LogP contribution < -0.4 is 0 Å². The Balaban J connectivity index is 1.78. The lowest BCUT2D eigenvalue weighted by molar-refractivity contribution is -0.0567. The number of aromatic nitrogens is 3. The molecule has 0 spiro atoms. The van der Waals surface area contributed by atoms with Gasteiger partial charge in [0.05, 0.1) is 5.54 Å². The first kappa shape index (κ1) is 11.0. The summed E-state index contributed by atoms with van der Waals surface area (Å²) in [5, 5.41) is 26.7. The molecule has 19 heavy (non-hydrogen) atoms. The lowest BCUT2D eigenvalue weighted by Gasteiger charge is -2.55. The molecule has 1 aromatic heterocycles. The minimum atomic E-state index is -0.00451. The van der Waals surface area contributed by atoms with Crippen molar-refractivity contribution in [3.8, 4) is 12.1 Å². The monoisotopic (exact) mass is 253 g/mol. The molecule has 0 saturated heterocycles. The summed E-state index contributed by atoms with van der Waals surface area (Å²) >= 11 is 0. The summed E-state index contributed by atoms with van der Waals surface area (Å²) in [4.78, 5) is 1.73. The van der Waals surface area contributed by atoms with Gasteiger partial charge in [-0.15, -0.1) is 10.2 Å². The van der Waals surface area contributed by atoms with Crippen molar-refractivity contribution in [1.82, 2.24) is 15.0 Å². The molecule has 0 aliphatic heterocycles. The molecule has 0 unspecified atom stereocenters. The summed E-state index contributed by atoms with van der Waals surface area (Å²) in [6.07, 6.45) is 7.46. The van der Waals surface area contributed by atoms with Gasteiger partial charge in [0.1, 0.15) is 12.1 Å². The van der Waals surface area contributed by atoms with E-state index in [4.69, 9.17) is 10.5 Å². The quantitative estimate of drug-likeness (QED) is 0.766. The van der Waals surface area contributed by atoms with E-state index in [2.05, 4.69) is 10.2 Å². The Bertz CT molecular complexity index is 548. The molecule has 5 heteroatoms. The second-order valence-corrected chi connectivity index (χ2v) is 6.55. The van der Waals surface area contributed by atoms with Crippen molar-refractivity contribution in [2.24, 2.45) is 17.8 Å². The van der Waals surface area contributed by atoms with E-state index < -0.39 is 0 Å². The van der Waals surface area contributed by atoms with Crippen LogP contribution in [0.3, 0.4) is 0 Å². The minimum Gasteiger partial charge on any atom is -0.191 e. The van der Waals surface area contributed by atoms with Crippen LogP contribution in [0.15, 0.2) is 0 Å². The van der Waals surface area contributed by atoms with E-state index >= 15 is 0 Å². The van der Waals surface area contributed by atoms with E-state index in [1.165, 1.54) is 19.3 Å². The van der Waals surface area contributed by atoms with Crippen LogP contribution in [-0.2, 0) is 5.54 Å². The van der Waals surface area contributed by atoms with E-state index in [1.807, 2.05) is 12.1 Å². The summed E-state index contributed by atoms with van der Waals surface area (Å²) in [7, 11) is 0. The Morgan fingerprint density at radius 1 is 0.895 bits per heavy atom.